The van der Waals surface area contributed by atoms with Gasteiger partial charge in [-0.05, 0) is 31.1 Å². The van der Waals surface area contributed by atoms with Crippen LogP contribution in [-0.4, -0.2) is 62.4 Å². The van der Waals surface area contributed by atoms with Crippen LogP contribution in [0.5, 0.6) is 0 Å². The molecule has 2 bridgehead atoms. The van der Waals surface area contributed by atoms with Gasteiger partial charge < -0.3 is 15.4 Å². The minimum absolute atomic E-state index is 0. The lowest BCUT2D eigenvalue weighted by Crippen LogP contribution is -2.43. The molecule has 1 aliphatic heterocycles. The number of fused-ring (bicyclic) bond motifs is 5. The Morgan fingerprint density at radius 2 is 1.72 bits per heavy atom. The van der Waals surface area contributed by atoms with Crippen LogP contribution >= 0.6 is 24.0 Å². The van der Waals surface area contributed by atoms with Crippen LogP contribution in [0.3, 0.4) is 0 Å². The molecule has 0 aromatic carbocycles. The van der Waals surface area contributed by atoms with Gasteiger partial charge in [0.15, 0.2) is 5.96 Å². The summed E-state index contributed by atoms with van der Waals surface area (Å²) < 4.78 is 4.61. The Labute approximate surface area is 188 Å². The molecule has 0 spiro atoms. The number of halogens is 1. The van der Waals surface area contributed by atoms with Gasteiger partial charge in [0.1, 0.15) is 0 Å². The molecular weight excluding hydrogens is 487 g/mol. The van der Waals surface area contributed by atoms with E-state index in [1.807, 2.05) is 0 Å². The van der Waals surface area contributed by atoms with E-state index in [0.717, 1.165) is 32.2 Å². The molecule has 1 heterocycles. The highest BCUT2D eigenvalue weighted by Crippen LogP contribution is 2.52. The van der Waals surface area contributed by atoms with Crippen molar-refractivity contribution in [2.75, 3.05) is 33.8 Å². The molecule has 162 valence electrons. The summed E-state index contributed by atoms with van der Waals surface area (Å²) in [5.41, 5.74) is 0. The molecule has 2 fully saturated rings. The van der Waals surface area contributed by atoms with Crippen LogP contribution in [-0.2, 0) is 19.1 Å². The van der Waals surface area contributed by atoms with Gasteiger partial charge in [-0.1, -0.05) is 18.6 Å². The Morgan fingerprint density at radius 3 is 2.31 bits per heavy atom. The van der Waals surface area contributed by atoms with Crippen molar-refractivity contribution in [2.24, 2.45) is 28.7 Å². The summed E-state index contributed by atoms with van der Waals surface area (Å²) >= 11 is 0. The first-order chi connectivity index (χ1) is 13.6. The highest BCUT2D eigenvalue weighted by atomic mass is 127. The van der Waals surface area contributed by atoms with E-state index < -0.39 is 0 Å². The molecule has 8 nitrogen and oxygen atoms in total. The number of likely N-dealkylation sites (tertiary alicyclic amines) is 1. The van der Waals surface area contributed by atoms with E-state index in [0.29, 0.717) is 25.5 Å². The number of allylic oxidation sites excluding steroid dienone is 2. The Hall–Kier alpha value is -1.65. The van der Waals surface area contributed by atoms with Crippen molar-refractivity contribution in [1.29, 1.82) is 0 Å². The summed E-state index contributed by atoms with van der Waals surface area (Å²) in [7, 11) is 3.09. The monoisotopic (exact) mass is 518 g/mol. The number of nitrogens with zero attached hydrogens (tertiary/aromatic N) is 2. The second-order valence-corrected chi connectivity index (χ2v) is 7.64. The fraction of sp³-hybridized carbons (Fsp3) is 0.700. The minimum atomic E-state index is -0.177. The van der Waals surface area contributed by atoms with Gasteiger partial charge in [-0.25, -0.2) is 0 Å². The van der Waals surface area contributed by atoms with E-state index >= 15 is 0 Å². The van der Waals surface area contributed by atoms with Crippen molar-refractivity contribution < 1.29 is 19.1 Å². The van der Waals surface area contributed by atoms with Crippen molar-refractivity contribution >= 4 is 47.7 Å². The molecule has 9 heteroatoms. The summed E-state index contributed by atoms with van der Waals surface area (Å²) in [5.74, 6) is 0.675. The van der Waals surface area contributed by atoms with Gasteiger partial charge in [-0.15, -0.1) is 24.0 Å². The van der Waals surface area contributed by atoms with Crippen LogP contribution in [0.4, 0.5) is 0 Å². The maximum absolute atomic E-state index is 12.6. The first kappa shape index (κ1) is 23.6. The topological polar surface area (TPSA) is 100 Å². The van der Waals surface area contributed by atoms with Gasteiger partial charge in [0.2, 0.25) is 11.8 Å². The predicted octanol–water partition coefficient (Wildman–Crippen LogP) is 1.31. The Balaban J connectivity index is 0.00000300. The fourth-order valence-electron chi connectivity index (χ4n) is 4.57. The van der Waals surface area contributed by atoms with Crippen LogP contribution in [0.25, 0.3) is 0 Å². The normalized spacial score (nSPS) is 27.1. The molecule has 29 heavy (non-hydrogen) atoms. The molecule has 2 aliphatic carbocycles. The zero-order chi connectivity index (χ0) is 20.1. The zero-order valence-electron chi connectivity index (χ0n) is 17.1. The smallest absolute Gasteiger partial charge is 0.305 e. The van der Waals surface area contributed by atoms with Crippen molar-refractivity contribution in [1.82, 2.24) is 15.5 Å². The SMILES string of the molecule is CN=C(NCCCCCC(=O)OC)NCCN1C(=O)C2C3C=CC(C3)C2C1=O.I. The molecule has 4 unspecified atom stereocenters. The number of aliphatic imine (C=N–C) groups is 1. The van der Waals surface area contributed by atoms with Crippen LogP contribution in [0.1, 0.15) is 32.1 Å². The number of amides is 2. The van der Waals surface area contributed by atoms with Gasteiger partial charge in [0, 0.05) is 33.1 Å². The zero-order valence-corrected chi connectivity index (χ0v) is 19.4. The molecule has 3 aliphatic rings. The highest BCUT2D eigenvalue weighted by Gasteiger charge is 2.58. The summed E-state index contributed by atoms with van der Waals surface area (Å²) in [6, 6.07) is 0. The molecule has 0 aromatic rings. The Kier molecular flexibility index (Phi) is 8.91. The Morgan fingerprint density at radius 1 is 1.10 bits per heavy atom. The number of methoxy groups -OCH3 is 1. The number of carbonyl (C=O) groups is 3. The lowest BCUT2D eigenvalue weighted by molar-refractivity contribution is -0.141. The third kappa shape index (κ3) is 5.29. The van der Waals surface area contributed by atoms with Crippen molar-refractivity contribution in [2.45, 2.75) is 32.1 Å². The quantitative estimate of drug-likeness (QED) is 0.0909. The highest BCUT2D eigenvalue weighted by molar-refractivity contribution is 14.0. The molecule has 0 aromatic heterocycles. The van der Waals surface area contributed by atoms with Gasteiger partial charge in [0.05, 0.1) is 18.9 Å². The van der Waals surface area contributed by atoms with E-state index in [2.05, 4.69) is 32.5 Å². The van der Waals surface area contributed by atoms with Crippen LogP contribution < -0.4 is 10.6 Å². The minimum Gasteiger partial charge on any atom is -0.469 e. The van der Waals surface area contributed by atoms with Gasteiger partial charge in [0.25, 0.3) is 0 Å². The molecule has 2 N–H and O–H groups in total. The van der Waals surface area contributed by atoms with E-state index in [-0.39, 0.29) is 65.4 Å². The van der Waals surface area contributed by atoms with E-state index in [1.165, 1.54) is 12.0 Å². The molecular formula is C20H31IN4O4. The molecule has 1 saturated heterocycles. The number of nitrogens with one attached hydrogen (secondary N) is 2. The number of guanidine groups is 1. The Bertz CT molecular complexity index is 651. The number of carbonyl (C=O) groups excluding carboxylic acids is 3. The van der Waals surface area contributed by atoms with Gasteiger partial charge >= 0.3 is 5.97 Å². The first-order valence-corrected chi connectivity index (χ1v) is 10.1. The van der Waals surface area contributed by atoms with Crippen LogP contribution in [0.15, 0.2) is 17.1 Å². The molecule has 2 amide bonds. The summed E-state index contributed by atoms with van der Waals surface area (Å²) in [4.78, 5) is 41.9. The van der Waals surface area contributed by atoms with Gasteiger partial charge in [-0.3, -0.25) is 24.3 Å². The number of hydrogen-bond acceptors (Lipinski definition) is 5. The van der Waals surface area contributed by atoms with Crippen LogP contribution in [0, 0.1) is 23.7 Å². The second kappa shape index (κ2) is 10.9. The number of ether oxygens (including phenoxy) is 1. The average Bonchev–Trinajstić information content (AvgIpc) is 3.38. The average molecular weight is 518 g/mol. The number of hydrogen-bond donors (Lipinski definition) is 2. The van der Waals surface area contributed by atoms with Crippen molar-refractivity contribution in [3.8, 4) is 0 Å². The van der Waals surface area contributed by atoms with E-state index in [9.17, 15) is 14.4 Å². The number of imide groups is 1. The molecule has 0 radical (unpaired) electrons. The maximum atomic E-state index is 12.6. The van der Waals surface area contributed by atoms with Crippen LogP contribution in [0.2, 0.25) is 0 Å². The van der Waals surface area contributed by atoms with Gasteiger partial charge in [-0.2, -0.15) is 0 Å². The number of unbranched alkanes of at least 4 members (excludes halogenated alkanes) is 2. The fourth-order valence-corrected chi connectivity index (χ4v) is 4.57. The summed E-state index contributed by atoms with van der Waals surface area (Å²) in [6.07, 6.45) is 8.26. The number of rotatable bonds is 9. The van der Waals surface area contributed by atoms with E-state index in [1.54, 1.807) is 7.05 Å². The molecule has 1 saturated carbocycles. The predicted molar refractivity (Wildman–Crippen MR) is 120 cm³/mol. The summed E-state index contributed by atoms with van der Waals surface area (Å²) in [5, 5.41) is 6.37. The second-order valence-electron chi connectivity index (χ2n) is 7.64. The maximum Gasteiger partial charge on any atom is 0.305 e. The van der Waals surface area contributed by atoms with Crippen molar-refractivity contribution in [3.05, 3.63) is 12.2 Å². The molecule has 4 atom stereocenters. The molecule has 3 rings (SSSR count). The summed E-state index contributed by atoms with van der Waals surface area (Å²) in [6.45, 7) is 1.58. The third-order valence-electron chi connectivity index (χ3n) is 5.99. The first-order valence-electron chi connectivity index (χ1n) is 10.1. The lowest BCUT2D eigenvalue weighted by atomic mass is 9.85. The standard InChI is InChI=1S/C20H30N4O4.HI/c1-21-20(22-9-5-3-4-6-15(25)28-2)23-10-11-24-18(26)16-13-7-8-14(12-13)17(16)19(24)27;/h7-8,13-14,16-17H,3-6,9-12H2,1-2H3,(H2,21,22,23);1H. The van der Waals surface area contributed by atoms with Crippen molar-refractivity contribution in [3.63, 3.8) is 0 Å². The van der Waals surface area contributed by atoms with E-state index in [4.69, 9.17) is 0 Å². The number of esters is 1. The largest absolute Gasteiger partial charge is 0.469 e. The third-order valence-corrected chi connectivity index (χ3v) is 5.99. The lowest BCUT2D eigenvalue weighted by Gasteiger charge is -2.18.